The summed E-state index contributed by atoms with van der Waals surface area (Å²) in [6, 6.07) is 8.89. The summed E-state index contributed by atoms with van der Waals surface area (Å²) < 4.78 is 0. The summed E-state index contributed by atoms with van der Waals surface area (Å²) in [5, 5.41) is 23.3. The Bertz CT molecular complexity index is 437. The Labute approximate surface area is 113 Å². The average Bonchev–Trinajstić information content (AvgIpc) is 2.41. The fourth-order valence-corrected chi connectivity index (χ4v) is 1.53. The zero-order valence-corrected chi connectivity index (χ0v) is 11.0. The van der Waals surface area contributed by atoms with Gasteiger partial charge in [-0.25, -0.2) is 4.79 Å². The molecule has 0 heterocycles. The van der Waals surface area contributed by atoms with Gasteiger partial charge in [0.25, 0.3) is 0 Å². The quantitative estimate of drug-likeness (QED) is 0.732. The second-order valence-corrected chi connectivity index (χ2v) is 4.26. The van der Waals surface area contributed by atoms with E-state index in [-0.39, 0.29) is 12.1 Å². The van der Waals surface area contributed by atoms with Gasteiger partial charge in [0, 0.05) is 12.2 Å². The maximum absolute atomic E-state index is 11.5. The summed E-state index contributed by atoms with van der Waals surface area (Å²) in [6.07, 6.45) is 1.22. The normalized spacial score (nSPS) is 11.4. The lowest BCUT2D eigenvalue weighted by Gasteiger charge is -2.10. The maximum atomic E-state index is 11.5. The molecule has 1 rings (SSSR count). The monoisotopic (exact) mass is 261 g/mol. The molecule has 1 atom stereocenters. The lowest BCUT2D eigenvalue weighted by atomic mass is 10.1. The molecule has 0 aliphatic heterocycles. The van der Waals surface area contributed by atoms with E-state index in [4.69, 9.17) is 5.26 Å². The van der Waals surface area contributed by atoms with Gasteiger partial charge in [-0.05, 0) is 30.5 Å². The van der Waals surface area contributed by atoms with Crippen LogP contribution in [0.5, 0.6) is 0 Å². The molecule has 19 heavy (non-hydrogen) atoms. The van der Waals surface area contributed by atoms with Gasteiger partial charge in [0.05, 0.1) is 18.6 Å². The minimum atomic E-state index is -0.370. The number of aliphatic hydroxyl groups excluding tert-OH is 1. The molecule has 0 bridgehead atoms. The first kappa shape index (κ1) is 15.0. The summed E-state index contributed by atoms with van der Waals surface area (Å²) in [5.74, 6) is 0. The number of nitrogens with one attached hydrogen (secondary N) is 2. The molecule has 0 fully saturated rings. The van der Waals surface area contributed by atoms with Crippen molar-refractivity contribution in [2.24, 2.45) is 0 Å². The zero-order valence-electron chi connectivity index (χ0n) is 11.0. The molecule has 0 aromatic heterocycles. The number of amides is 2. The number of rotatable bonds is 6. The van der Waals surface area contributed by atoms with Crippen LogP contribution in [0.25, 0.3) is 0 Å². The molecule has 1 aromatic carbocycles. The minimum Gasteiger partial charge on any atom is -0.393 e. The van der Waals surface area contributed by atoms with E-state index in [1.165, 1.54) is 0 Å². The van der Waals surface area contributed by atoms with Crippen LogP contribution >= 0.6 is 0 Å². The number of hydrogen-bond acceptors (Lipinski definition) is 3. The standard InChI is InChI=1S/C14H19N3O2/c1-2-13(18)8-10-16-14(19)17-12-5-3-11(4-6-12)7-9-15/h3-6,13,18H,2,7-8,10H2,1H3,(H2,16,17,19). The highest BCUT2D eigenvalue weighted by Gasteiger charge is 2.04. The topological polar surface area (TPSA) is 85.2 Å². The number of carbonyl (C=O) groups excluding carboxylic acids is 1. The molecule has 5 nitrogen and oxygen atoms in total. The molecular formula is C14H19N3O2. The van der Waals surface area contributed by atoms with E-state index in [0.29, 0.717) is 31.5 Å². The van der Waals surface area contributed by atoms with Crippen LogP contribution < -0.4 is 10.6 Å². The van der Waals surface area contributed by atoms with E-state index < -0.39 is 0 Å². The first-order valence-electron chi connectivity index (χ1n) is 6.34. The van der Waals surface area contributed by atoms with Crippen molar-refractivity contribution < 1.29 is 9.90 Å². The Morgan fingerprint density at radius 1 is 1.42 bits per heavy atom. The van der Waals surface area contributed by atoms with E-state index >= 15 is 0 Å². The van der Waals surface area contributed by atoms with Crippen molar-refractivity contribution in [3.05, 3.63) is 29.8 Å². The minimum absolute atomic E-state index is 0.295. The first-order valence-corrected chi connectivity index (χ1v) is 6.34. The Kier molecular flexibility index (Phi) is 6.41. The highest BCUT2D eigenvalue weighted by atomic mass is 16.3. The molecule has 0 aliphatic rings. The number of nitrogens with zero attached hydrogens (tertiary/aromatic N) is 1. The number of anilines is 1. The van der Waals surface area contributed by atoms with Crippen molar-refractivity contribution in [3.8, 4) is 6.07 Å². The predicted molar refractivity (Wildman–Crippen MR) is 73.7 cm³/mol. The highest BCUT2D eigenvalue weighted by Crippen LogP contribution is 2.09. The van der Waals surface area contributed by atoms with Crippen molar-refractivity contribution in [1.29, 1.82) is 5.26 Å². The number of benzene rings is 1. The lowest BCUT2D eigenvalue weighted by Crippen LogP contribution is -2.31. The third-order valence-electron chi connectivity index (χ3n) is 2.73. The van der Waals surface area contributed by atoms with Crippen LogP contribution in [0.4, 0.5) is 10.5 Å². The van der Waals surface area contributed by atoms with Crippen molar-refractivity contribution in [3.63, 3.8) is 0 Å². The molecule has 0 radical (unpaired) electrons. The fraction of sp³-hybridized carbons (Fsp3) is 0.429. The van der Waals surface area contributed by atoms with Gasteiger partial charge in [-0.1, -0.05) is 19.1 Å². The third kappa shape index (κ3) is 5.89. The van der Waals surface area contributed by atoms with Gasteiger partial charge < -0.3 is 15.7 Å². The molecule has 0 spiro atoms. The van der Waals surface area contributed by atoms with Gasteiger partial charge >= 0.3 is 6.03 Å². The lowest BCUT2D eigenvalue weighted by molar-refractivity contribution is 0.160. The van der Waals surface area contributed by atoms with Gasteiger partial charge in [-0.2, -0.15) is 5.26 Å². The van der Waals surface area contributed by atoms with Gasteiger partial charge in [0.15, 0.2) is 0 Å². The summed E-state index contributed by atoms with van der Waals surface area (Å²) in [4.78, 5) is 11.5. The van der Waals surface area contributed by atoms with E-state index in [1.807, 2.05) is 6.92 Å². The molecule has 0 saturated heterocycles. The van der Waals surface area contributed by atoms with Crippen molar-refractivity contribution in [2.45, 2.75) is 32.3 Å². The second kappa shape index (κ2) is 8.11. The summed E-state index contributed by atoms with van der Waals surface area (Å²) in [7, 11) is 0. The smallest absolute Gasteiger partial charge is 0.319 e. The average molecular weight is 261 g/mol. The molecule has 1 unspecified atom stereocenters. The van der Waals surface area contributed by atoms with Crippen molar-refractivity contribution in [2.75, 3.05) is 11.9 Å². The molecule has 102 valence electrons. The number of hydrogen-bond donors (Lipinski definition) is 3. The maximum Gasteiger partial charge on any atom is 0.319 e. The number of carbonyl (C=O) groups is 1. The fourth-order valence-electron chi connectivity index (χ4n) is 1.53. The SMILES string of the molecule is CCC(O)CCNC(=O)Nc1ccc(CC#N)cc1. The second-order valence-electron chi connectivity index (χ2n) is 4.26. The predicted octanol–water partition coefficient (Wildman–Crippen LogP) is 2.04. The van der Waals surface area contributed by atoms with Crippen LogP contribution in [0.2, 0.25) is 0 Å². The van der Waals surface area contributed by atoms with Crippen molar-refractivity contribution >= 4 is 11.7 Å². The van der Waals surface area contributed by atoms with Crippen LogP contribution in [0, 0.1) is 11.3 Å². The molecule has 3 N–H and O–H groups in total. The van der Waals surface area contributed by atoms with E-state index in [1.54, 1.807) is 24.3 Å². The van der Waals surface area contributed by atoms with E-state index in [0.717, 1.165) is 5.56 Å². The van der Waals surface area contributed by atoms with Crippen LogP contribution in [0.15, 0.2) is 24.3 Å². The molecule has 0 aliphatic carbocycles. The highest BCUT2D eigenvalue weighted by molar-refractivity contribution is 5.89. The Balaban J connectivity index is 2.34. The van der Waals surface area contributed by atoms with E-state index in [9.17, 15) is 9.90 Å². The number of urea groups is 1. The van der Waals surface area contributed by atoms with Crippen LogP contribution in [-0.4, -0.2) is 23.8 Å². The van der Waals surface area contributed by atoms with Crippen LogP contribution in [0.1, 0.15) is 25.3 Å². The van der Waals surface area contributed by atoms with Gasteiger partial charge in [0.1, 0.15) is 0 Å². The summed E-state index contributed by atoms with van der Waals surface area (Å²) >= 11 is 0. The van der Waals surface area contributed by atoms with Gasteiger partial charge in [-0.3, -0.25) is 0 Å². The summed E-state index contributed by atoms with van der Waals surface area (Å²) in [6.45, 7) is 2.33. The summed E-state index contributed by atoms with van der Waals surface area (Å²) in [5.41, 5.74) is 1.59. The number of nitriles is 1. The Hall–Kier alpha value is -2.06. The molecule has 1 aromatic rings. The molecule has 2 amide bonds. The van der Waals surface area contributed by atoms with Gasteiger partial charge in [0.2, 0.25) is 0 Å². The van der Waals surface area contributed by atoms with Crippen LogP contribution in [-0.2, 0) is 6.42 Å². The zero-order chi connectivity index (χ0) is 14.1. The largest absolute Gasteiger partial charge is 0.393 e. The molecule has 5 heteroatoms. The molecule has 0 saturated carbocycles. The Morgan fingerprint density at radius 3 is 2.68 bits per heavy atom. The van der Waals surface area contributed by atoms with E-state index in [2.05, 4.69) is 16.7 Å². The molecular weight excluding hydrogens is 242 g/mol. The first-order chi connectivity index (χ1) is 9.15. The Morgan fingerprint density at radius 2 is 2.11 bits per heavy atom. The van der Waals surface area contributed by atoms with Gasteiger partial charge in [-0.15, -0.1) is 0 Å². The third-order valence-corrected chi connectivity index (χ3v) is 2.73. The van der Waals surface area contributed by atoms with Crippen LogP contribution in [0.3, 0.4) is 0 Å². The van der Waals surface area contributed by atoms with Crippen molar-refractivity contribution in [1.82, 2.24) is 5.32 Å². The number of aliphatic hydroxyl groups is 1.